The van der Waals surface area contributed by atoms with Crippen molar-refractivity contribution in [2.24, 2.45) is 5.92 Å². The van der Waals surface area contributed by atoms with E-state index < -0.39 is 11.9 Å². The number of hydrogen-bond donors (Lipinski definition) is 1. The molecule has 29 heavy (non-hydrogen) atoms. The number of nitrogens with one attached hydrogen (secondary N) is 1. The zero-order valence-electron chi connectivity index (χ0n) is 16.9. The van der Waals surface area contributed by atoms with Gasteiger partial charge in [-0.25, -0.2) is 4.79 Å². The summed E-state index contributed by atoms with van der Waals surface area (Å²) >= 11 is 1.19. The van der Waals surface area contributed by atoms with Crippen LogP contribution >= 0.6 is 11.3 Å². The normalized spacial score (nSPS) is 11.3. The fourth-order valence-corrected chi connectivity index (χ4v) is 3.06. The van der Waals surface area contributed by atoms with Crippen molar-refractivity contribution in [2.45, 2.75) is 33.8 Å². The molecule has 1 aromatic heterocycles. The summed E-state index contributed by atoms with van der Waals surface area (Å²) in [5.41, 5.74) is 0.851. The Labute approximate surface area is 174 Å². The lowest BCUT2D eigenvalue weighted by Gasteiger charge is -2.10. The van der Waals surface area contributed by atoms with Gasteiger partial charge in [0.1, 0.15) is 22.4 Å². The Kier molecular flexibility index (Phi) is 7.98. The molecule has 7 heteroatoms. The molecule has 1 amide bonds. The van der Waals surface area contributed by atoms with Crippen LogP contribution in [-0.2, 0) is 9.53 Å². The molecule has 0 unspecified atom stereocenters. The second-order valence-electron chi connectivity index (χ2n) is 7.02. The van der Waals surface area contributed by atoms with Gasteiger partial charge >= 0.3 is 5.97 Å². The van der Waals surface area contributed by atoms with Crippen LogP contribution in [0.5, 0.6) is 5.75 Å². The number of nitriles is 1. The number of amides is 1. The molecule has 0 fully saturated rings. The third-order valence-corrected chi connectivity index (χ3v) is 4.40. The summed E-state index contributed by atoms with van der Waals surface area (Å²) < 4.78 is 10.9. The number of nitrogens with zero attached hydrogens (tertiary/aromatic N) is 1. The smallest absolute Gasteiger partial charge is 0.341 e. The van der Waals surface area contributed by atoms with Crippen molar-refractivity contribution in [1.29, 1.82) is 5.26 Å². The summed E-state index contributed by atoms with van der Waals surface area (Å²) in [6, 6.07) is 10.7. The Morgan fingerprint density at radius 2 is 2.00 bits per heavy atom. The van der Waals surface area contributed by atoms with Gasteiger partial charge in [0.25, 0.3) is 5.91 Å². The Balaban J connectivity index is 2.16. The highest BCUT2D eigenvalue weighted by molar-refractivity contribution is 7.14. The number of rotatable bonds is 8. The van der Waals surface area contributed by atoms with Gasteiger partial charge in [-0.3, -0.25) is 4.79 Å². The van der Waals surface area contributed by atoms with Gasteiger partial charge in [-0.1, -0.05) is 26.0 Å². The average Bonchev–Trinajstić information content (AvgIpc) is 3.12. The number of hydrogen-bond acceptors (Lipinski definition) is 6. The summed E-state index contributed by atoms with van der Waals surface area (Å²) in [5, 5.41) is 14.1. The molecule has 0 bridgehead atoms. The molecular formula is C22H24N2O4S. The van der Waals surface area contributed by atoms with Gasteiger partial charge in [0, 0.05) is 0 Å². The average molecular weight is 413 g/mol. The molecule has 6 nitrogen and oxygen atoms in total. The van der Waals surface area contributed by atoms with Crippen molar-refractivity contribution >= 4 is 34.3 Å². The van der Waals surface area contributed by atoms with Crippen LogP contribution in [0.25, 0.3) is 6.08 Å². The molecule has 0 saturated heterocycles. The monoisotopic (exact) mass is 412 g/mol. The fraction of sp³-hybridized carbons (Fsp3) is 0.318. The zero-order valence-corrected chi connectivity index (χ0v) is 17.7. The summed E-state index contributed by atoms with van der Waals surface area (Å²) in [7, 11) is 0. The molecule has 2 aromatic rings. The maximum absolute atomic E-state index is 12.6. The van der Waals surface area contributed by atoms with Crippen LogP contribution < -0.4 is 10.1 Å². The van der Waals surface area contributed by atoms with E-state index >= 15 is 0 Å². The number of carbonyl (C=O) groups is 2. The molecule has 152 valence electrons. The van der Waals surface area contributed by atoms with E-state index in [2.05, 4.69) is 19.2 Å². The van der Waals surface area contributed by atoms with E-state index in [1.807, 2.05) is 12.1 Å². The topological polar surface area (TPSA) is 88.4 Å². The molecule has 0 radical (unpaired) electrons. The maximum Gasteiger partial charge on any atom is 0.341 e. The second-order valence-corrected chi connectivity index (χ2v) is 7.93. The van der Waals surface area contributed by atoms with Crippen LogP contribution in [0.15, 0.2) is 41.3 Å². The minimum absolute atomic E-state index is 0.0809. The van der Waals surface area contributed by atoms with Crippen LogP contribution in [0.4, 0.5) is 5.00 Å². The van der Waals surface area contributed by atoms with E-state index in [9.17, 15) is 14.9 Å². The third-order valence-electron chi connectivity index (χ3n) is 3.57. The predicted molar refractivity (Wildman–Crippen MR) is 114 cm³/mol. The number of thiophene rings is 1. The highest BCUT2D eigenvalue weighted by Crippen LogP contribution is 2.25. The number of carbonyl (C=O) groups excluding carboxylic acids is 2. The third kappa shape index (κ3) is 6.77. The van der Waals surface area contributed by atoms with Crippen molar-refractivity contribution in [2.75, 3.05) is 11.9 Å². The van der Waals surface area contributed by atoms with E-state index in [0.29, 0.717) is 28.8 Å². The first-order chi connectivity index (χ1) is 13.8. The Hall–Kier alpha value is -3.11. The molecule has 0 aliphatic rings. The summed E-state index contributed by atoms with van der Waals surface area (Å²) in [4.78, 5) is 24.7. The van der Waals surface area contributed by atoms with Gasteiger partial charge in [0.2, 0.25) is 0 Å². The van der Waals surface area contributed by atoms with Gasteiger partial charge in [-0.05, 0) is 55.0 Å². The quantitative estimate of drug-likeness (QED) is 0.379. The molecule has 2 rings (SSSR count). The number of anilines is 1. The SMILES string of the molecule is CC(C)COc1cccc(C=C(C#N)C(=O)Nc2sccc2C(=O)OC(C)C)c1. The summed E-state index contributed by atoms with van der Waals surface area (Å²) in [5.74, 6) is -0.0600. The molecule has 0 atom stereocenters. The molecule has 0 aliphatic heterocycles. The first kappa shape index (κ1) is 22.2. The van der Waals surface area contributed by atoms with Crippen LogP contribution in [-0.4, -0.2) is 24.6 Å². The molecule has 1 heterocycles. The Morgan fingerprint density at radius 3 is 2.66 bits per heavy atom. The van der Waals surface area contributed by atoms with Gasteiger partial charge < -0.3 is 14.8 Å². The fourth-order valence-electron chi connectivity index (χ4n) is 2.29. The Bertz CT molecular complexity index is 938. The van der Waals surface area contributed by atoms with Crippen molar-refractivity contribution in [1.82, 2.24) is 0 Å². The lowest BCUT2D eigenvalue weighted by molar-refractivity contribution is -0.112. The summed E-state index contributed by atoms with van der Waals surface area (Å²) in [6.07, 6.45) is 1.21. The summed E-state index contributed by atoms with van der Waals surface area (Å²) in [6.45, 7) is 8.18. The number of ether oxygens (including phenoxy) is 2. The molecule has 0 spiro atoms. The van der Waals surface area contributed by atoms with Gasteiger partial charge in [-0.15, -0.1) is 11.3 Å². The minimum Gasteiger partial charge on any atom is -0.493 e. The lowest BCUT2D eigenvalue weighted by Crippen LogP contribution is -2.17. The van der Waals surface area contributed by atoms with Crippen molar-refractivity contribution < 1.29 is 19.1 Å². The highest BCUT2D eigenvalue weighted by Gasteiger charge is 2.19. The number of esters is 1. The standard InChI is InChI=1S/C22H24N2O4S/c1-14(2)13-27-18-7-5-6-16(11-18)10-17(12-23)20(25)24-21-19(8-9-29-21)22(26)28-15(3)4/h5-11,14-15H,13H2,1-4H3,(H,24,25). The van der Waals surface area contributed by atoms with Crippen LogP contribution in [0.1, 0.15) is 43.6 Å². The van der Waals surface area contributed by atoms with E-state index in [1.165, 1.54) is 17.4 Å². The molecule has 0 aliphatic carbocycles. The molecule has 0 saturated carbocycles. The van der Waals surface area contributed by atoms with Crippen LogP contribution in [0, 0.1) is 17.2 Å². The Morgan fingerprint density at radius 1 is 1.24 bits per heavy atom. The second kappa shape index (κ2) is 10.4. The van der Waals surface area contributed by atoms with Gasteiger partial charge in [-0.2, -0.15) is 5.26 Å². The van der Waals surface area contributed by atoms with Crippen LogP contribution in [0.3, 0.4) is 0 Å². The van der Waals surface area contributed by atoms with Crippen molar-refractivity contribution in [3.05, 3.63) is 52.4 Å². The molecular weight excluding hydrogens is 388 g/mol. The van der Waals surface area contributed by atoms with E-state index in [0.717, 1.165) is 0 Å². The van der Waals surface area contributed by atoms with E-state index in [-0.39, 0.29) is 17.2 Å². The maximum atomic E-state index is 12.6. The number of benzene rings is 1. The first-order valence-corrected chi connectivity index (χ1v) is 10.1. The highest BCUT2D eigenvalue weighted by atomic mass is 32.1. The lowest BCUT2D eigenvalue weighted by atomic mass is 10.1. The predicted octanol–water partition coefficient (Wildman–Crippen LogP) is 4.89. The minimum atomic E-state index is -0.595. The van der Waals surface area contributed by atoms with E-state index in [1.54, 1.807) is 43.5 Å². The van der Waals surface area contributed by atoms with Crippen LogP contribution in [0.2, 0.25) is 0 Å². The molecule has 1 N–H and O–H groups in total. The van der Waals surface area contributed by atoms with E-state index in [4.69, 9.17) is 9.47 Å². The first-order valence-electron chi connectivity index (χ1n) is 9.24. The van der Waals surface area contributed by atoms with Crippen molar-refractivity contribution in [3.63, 3.8) is 0 Å². The zero-order chi connectivity index (χ0) is 21.4. The largest absolute Gasteiger partial charge is 0.493 e. The molecule has 1 aromatic carbocycles. The van der Waals surface area contributed by atoms with Crippen molar-refractivity contribution in [3.8, 4) is 11.8 Å². The van der Waals surface area contributed by atoms with Gasteiger partial charge in [0.05, 0.1) is 18.3 Å². The van der Waals surface area contributed by atoms with Gasteiger partial charge in [0.15, 0.2) is 0 Å².